The van der Waals surface area contributed by atoms with Crippen LogP contribution < -0.4 is 19.7 Å². The summed E-state index contributed by atoms with van der Waals surface area (Å²) in [4.78, 5) is 53.4. The monoisotopic (exact) mass is 563 g/mol. The van der Waals surface area contributed by atoms with Crippen LogP contribution in [0.25, 0.3) is 10.5 Å². The van der Waals surface area contributed by atoms with Crippen LogP contribution in [0.4, 0.5) is 5.69 Å². The second-order valence-corrected chi connectivity index (χ2v) is 11.9. The Labute approximate surface area is 223 Å². The maximum atomic E-state index is 13.5. The van der Waals surface area contributed by atoms with Crippen LogP contribution in [0, 0.1) is 5.92 Å². The van der Waals surface area contributed by atoms with Crippen LogP contribution in [0.5, 0.6) is 0 Å². The van der Waals surface area contributed by atoms with Crippen molar-refractivity contribution >= 4 is 85.4 Å². The van der Waals surface area contributed by atoms with Crippen LogP contribution in [-0.2, 0) is 20.9 Å². The van der Waals surface area contributed by atoms with Gasteiger partial charge in [-0.3, -0.25) is 28.6 Å². The van der Waals surface area contributed by atoms with Crippen molar-refractivity contribution in [2.75, 3.05) is 18.5 Å². The number of carboxylic acids is 2. The molecule has 2 aliphatic rings. The van der Waals surface area contributed by atoms with E-state index in [9.17, 15) is 24.3 Å². The van der Waals surface area contributed by atoms with E-state index in [1.807, 2.05) is 56.1 Å². The van der Waals surface area contributed by atoms with E-state index in [0.29, 0.717) is 10.1 Å². The standard InChI is InChI=1S/C23H21N3O6S4/c1-11(2)12(8-15-24(3)13-6-4-5-7-14(13)34-15)18-20(31)25(9-16(27)28)22(35-18)19-21(32)26(10-17(29)30)23(33)36-19/h4-8,11H,9-10H2,1-3H3,(H,27,28)(H,29,30)/b15-8-,18-12+,22-19-. The molecule has 4 rings (SSSR count). The largest absolute Gasteiger partial charge is 0.480 e. The molecule has 0 saturated carbocycles. The molecule has 1 aromatic heterocycles. The van der Waals surface area contributed by atoms with Gasteiger partial charge in [-0.1, -0.05) is 61.7 Å². The third kappa shape index (κ3) is 4.88. The van der Waals surface area contributed by atoms with Crippen LogP contribution in [0.3, 0.4) is 0 Å². The number of hydrogen-bond acceptors (Lipinski definition) is 9. The molecule has 0 atom stereocenters. The lowest BCUT2D eigenvalue weighted by molar-refractivity contribution is -0.140. The van der Waals surface area contributed by atoms with Crippen molar-refractivity contribution in [2.24, 2.45) is 5.92 Å². The number of aromatic nitrogens is 1. The summed E-state index contributed by atoms with van der Waals surface area (Å²) in [5.74, 6) is -3.22. The molecule has 1 fully saturated rings. The average molecular weight is 564 g/mol. The molecule has 1 saturated heterocycles. The molecule has 0 aliphatic carbocycles. The van der Waals surface area contributed by atoms with Crippen LogP contribution in [0.15, 0.2) is 45.1 Å². The lowest BCUT2D eigenvalue weighted by Gasteiger charge is -2.15. The number of amides is 1. The Morgan fingerprint density at radius 1 is 1.08 bits per heavy atom. The summed E-state index contributed by atoms with van der Waals surface area (Å²) in [5, 5.41) is 19.5. The Kier molecular flexibility index (Phi) is 7.46. The Morgan fingerprint density at radius 3 is 2.36 bits per heavy atom. The number of nitrogens with zero attached hydrogens (tertiary/aromatic N) is 3. The highest BCUT2D eigenvalue weighted by Gasteiger charge is 2.35. The Morgan fingerprint density at radius 2 is 1.75 bits per heavy atom. The normalized spacial score (nSPS) is 18.9. The van der Waals surface area contributed by atoms with Gasteiger partial charge in [0.05, 0.1) is 15.2 Å². The number of anilines is 1. The summed E-state index contributed by atoms with van der Waals surface area (Å²) >= 11 is 8.64. The van der Waals surface area contributed by atoms with Crippen molar-refractivity contribution in [3.05, 3.63) is 54.9 Å². The zero-order chi connectivity index (χ0) is 26.3. The number of thiazole rings is 1. The fraction of sp³-hybridized carbons (Fsp3) is 0.261. The number of carboxylic acid groups (broad SMARTS) is 2. The summed E-state index contributed by atoms with van der Waals surface area (Å²) in [7, 11) is 1.94. The quantitative estimate of drug-likeness (QED) is 0.505. The first-order valence-corrected chi connectivity index (χ1v) is 13.5. The minimum absolute atomic E-state index is 0.0404. The van der Waals surface area contributed by atoms with Gasteiger partial charge in [0, 0.05) is 11.9 Å². The van der Waals surface area contributed by atoms with Gasteiger partial charge in [-0.05, 0) is 29.7 Å². The molecule has 0 unspecified atom stereocenters. The molecule has 9 nitrogen and oxygen atoms in total. The van der Waals surface area contributed by atoms with E-state index in [2.05, 4.69) is 0 Å². The summed E-state index contributed by atoms with van der Waals surface area (Å²) in [6, 6.07) is 7.93. The van der Waals surface area contributed by atoms with E-state index in [4.69, 9.17) is 17.3 Å². The van der Waals surface area contributed by atoms with Crippen LogP contribution in [-0.4, -0.2) is 55.4 Å². The minimum atomic E-state index is -1.24. The molecule has 2 N–H and O–H groups in total. The van der Waals surface area contributed by atoms with Gasteiger partial charge in [-0.25, -0.2) is 0 Å². The molecule has 3 heterocycles. The highest BCUT2D eigenvalue weighted by molar-refractivity contribution is 8.30. The first-order chi connectivity index (χ1) is 17.0. The second-order valence-electron chi connectivity index (χ2n) is 8.22. The zero-order valence-corrected chi connectivity index (χ0v) is 22.6. The number of thiocarbonyl (C=S) groups is 1. The Hall–Kier alpha value is -2.87. The van der Waals surface area contributed by atoms with Gasteiger partial charge in [0.1, 0.15) is 27.0 Å². The maximum absolute atomic E-state index is 13.5. The lowest BCUT2D eigenvalue weighted by Crippen LogP contribution is -2.37. The Bertz CT molecular complexity index is 1520. The number of fused-ring (bicyclic) bond motifs is 1. The van der Waals surface area contributed by atoms with Gasteiger partial charge in [0.15, 0.2) is 0 Å². The van der Waals surface area contributed by atoms with Crippen molar-refractivity contribution in [3.63, 3.8) is 0 Å². The highest BCUT2D eigenvalue weighted by atomic mass is 32.2. The molecule has 13 heteroatoms. The van der Waals surface area contributed by atoms with Gasteiger partial charge < -0.3 is 15.1 Å². The van der Waals surface area contributed by atoms with Crippen molar-refractivity contribution in [3.8, 4) is 0 Å². The van der Waals surface area contributed by atoms with Gasteiger partial charge in [-0.2, -0.15) is 0 Å². The molecular formula is C23H21N3O6S4. The van der Waals surface area contributed by atoms with E-state index >= 15 is 0 Å². The number of aliphatic carboxylic acids is 2. The van der Waals surface area contributed by atoms with Gasteiger partial charge in [0.2, 0.25) is 0 Å². The molecule has 36 heavy (non-hydrogen) atoms. The third-order valence-electron chi connectivity index (χ3n) is 5.45. The number of thioether (sulfide) groups is 2. The number of hydrogen-bond donors (Lipinski definition) is 2. The van der Waals surface area contributed by atoms with Crippen LogP contribution in [0.1, 0.15) is 13.8 Å². The van der Waals surface area contributed by atoms with Crippen molar-refractivity contribution < 1.29 is 24.6 Å². The van der Waals surface area contributed by atoms with Crippen molar-refractivity contribution in [1.82, 2.24) is 9.47 Å². The van der Waals surface area contributed by atoms with E-state index < -0.39 is 36.5 Å². The molecule has 0 radical (unpaired) electrons. The lowest BCUT2D eigenvalue weighted by atomic mass is 10.0. The number of carbonyl (C=O) groups excluding carboxylic acids is 1. The molecule has 0 bridgehead atoms. The van der Waals surface area contributed by atoms with E-state index in [1.165, 1.54) is 0 Å². The summed E-state index contributed by atoms with van der Waals surface area (Å²) < 4.78 is 1.56. The first kappa shape index (κ1) is 26.2. The molecule has 2 aliphatic heterocycles. The van der Waals surface area contributed by atoms with Crippen LogP contribution in [0.2, 0.25) is 0 Å². The van der Waals surface area contributed by atoms with E-state index in [0.717, 1.165) is 48.2 Å². The SMILES string of the molecule is CC(C)C(/C=C1\Sc2ccccc2N1C)=c1/s/c(=C2\SC(=S)N(CC(=O)O)C2=O)n(CC(=O)O)c1=O. The fourth-order valence-electron chi connectivity index (χ4n) is 3.71. The van der Waals surface area contributed by atoms with Gasteiger partial charge in [0.25, 0.3) is 11.5 Å². The molecule has 1 aromatic carbocycles. The summed E-state index contributed by atoms with van der Waals surface area (Å²) in [6.07, 6.45) is 1.92. The smallest absolute Gasteiger partial charge is 0.323 e. The third-order valence-corrected chi connectivity index (χ3v) is 9.41. The molecular weight excluding hydrogens is 543 g/mol. The average Bonchev–Trinajstić information content (AvgIpc) is 3.39. The molecule has 0 spiro atoms. The van der Waals surface area contributed by atoms with E-state index in [1.54, 1.807) is 11.8 Å². The summed E-state index contributed by atoms with van der Waals surface area (Å²) in [6.45, 7) is 2.61. The fourth-order valence-corrected chi connectivity index (χ4v) is 7.53. The van der Waals surface area contributed by atoms with Gasteiger partial charge in [-0.15, -0.1) is 11.3 Å². The predicted octanol–water partition coefficient (Wildman–Crippen LogP) is 1.94. The Balaban J connectivity index is 1.96. The predicted molar refractivity (Wildman–Crippen MR) is 145 cm³/mol. The number of para-hydroxylation sites is 1. The minimum Gasteiger partial charge on any atom is -0.480 e. The van der Waals surface area contributed by atoms with Crippen LogP contribution >= 0.6 is 47.1 Å². The van der Waals surface area contributed by atoms with Crippen molar-refractivity contribution in [2.45, 2.75) is 25.3 Å². The van der Waals surface area contributed by atoms with Gasteiger partial charge >= 0.3 is 11.9 Å². The number of rotatable bonds is 6. The van der Waals surface area contributed by atoms with Crippen molar-refractivity contribution in [1.29, 1.82) is 0 Å². The number of allylic oxidation sites excluding steroid dienone is 1. The second kappa shape index (κ2) is 10.2. The molecule has 1 amide bonds. The zero-order valence-electron chi connectivity index (χ0n) is 19.4. The van der Waals surface area contributed by atoms with E-state index in [-0.39, 0.29) is 19.8 Å². The summed E-state index contributed by atoms with van der Waals surface area (Å²) in [5.41, 5.74) is 1.23. The molecule has 2 aromatic rings. The number of carbonyl (C=O) groups is 3. The topological polar surface area (TPSA) is 120 Å². The highest BCUT2D eigenvalue weighted by Crippen LogP contribution is 2.45. The maximum Gasteiger partial charge on any atom is 0.323 e. The molecule has 188 valence electrons. The number of benzene rings is 1. The first-order valence-electron chi connectivity index (χ1n) is 10.7.